The molecule has 2 aromatic carbocycles. The highest BCUT2D eigenvalue weighted by Gasteiger charge is 2.46. The Hall–Kier alpha value is -3.52. The fourth-order valence-electron chi connectivity index (χ4n) is 3.85. The molecule has 0 spiro atoms. The molecular weight excluding hydrogens is 426 g/mol. The number of amides is 1. The van der Waals surface area contributed by atoms with Crippen LogP contribution in [0.1, 0.15) is 37.4 Å². The maximum atomic E-state index is 13.1. The van der Waals surface area contributed by atoms with Gasteiger partial charge in [0.2, 0.25) is 0 Å². The van der Waals surface area contributed by atoms with Crippen LogP contribution in [-0.4, -0.2) is 60.3 Å². The number of methoxy groups -OCH3 is 2. The molecular formula is C25H29NO7. The van der Waals surface area contributed by atoms with Gasteiger partial charge in [0.15, 0.2) is 0 Å². The molecule has 1 amide bonds. The monoisotopic (exact) mass is 455 g/mol. The number of phenols is 1. The lowest BCUT2D eigenvalue weighted by molar-refractivity contribution is -0.140. The molecule has 0 bridgehead atoms. The number of carbonyl (C=O) groups excluding carboxylic acids is 2. The average Bonchev–Trinajstić information content (AvgIpc) is 3.05. The second-order valence-corrected chi connectivity index (χ2v) is 7.93. The van der Waals surface area contributed by atoms with Gasteiger partial charge in [0.25, 0.3) is 11.7 Å². The number of ether oxygens (including phenoxy) is 3. The van der Waals surface area contributed by atoms with Crippen molar-refractivity contribution in [1.82, 2.24) is 4.90 Å². The highest BCUT2D eigenvalue weighted by atomic mass is 16.5. The number of phenolic OH excluding ortho intramolecular Hbond substituents is 1. The van der Waals surface area contributed by atoms with Crippen LogP contribution < -0.4 is 9.47 Å². The van der Waals surface area contributed by atoms with E-state index in [1.54, 1.807) is 30.3 Å². The van der Waals surface area contributed by atoms with Crippen LogP contribution in [0.25, 0.3) is 5.76 Å². The van der Waals surface area contributed by atoms with Crippen LogP contribution in [0.5, 0.6) is 17.2 Å². The summed E-state index contributed by atoms with van der Waals surface area (Å²) in [5, 5.41) is 21.2. The summed E-state index contributed by atoms with van der Waals surface area (Å²) in [4.78, 5) is 27.5. The molecule has 1 heterocycles. The Bertz CT molecular complexity index is 1060. The molecule has 1 aliphatic heterocycles. The van der Waals surface area contributed by atoms with Gasteiger partial charge in [0.05, 0.1) is 37.5 Å². The Labute approximate surface area is 193 Å². The quantitative estimate of drug-likeness (QED) is 0.257. The molecule has 1 aliphatic rings. The molecule has 3 rings (SSSR count). The zero-order valence-corrected chi connectivity index (χ0v) is 19.2. The third-order valence-electron chi connectivity index (χ3n) is 5.38. The molecule has 8 nitrogen and oxygen atoms in total. The van der Waals surface area contributed by atoms with Crippen LogP contribution in [0.4, 0.5) is 0 Å². The van der Waals surface area contributed by atoms with Gasteiger partial charge < -0.3 is 29.3 Å². The molecule has 33 heavy (non-hydrogen) atoms. The summed E-state index contributed by atoms with van der Waals surface area (Å²) in [5.41, 5.74) is 0.691. The fraction of sp³-hybridized carbons (Fsp3) is 0.360. The summed E-state index contributed by atoms with van der Waals surface area (Å²) in [6.07, 6.45) is 0.552. The fourth-order valence-corrected chi connectivity index (χ4v) is 3.85. The van der Waals surface area contributed by atoms with E-state index in [9.17, 15) is 19.8 Å². The Balaban J connectivity index is 2.10. The summed E-state index contributed by atoms with van der Waals surface area (Å²) < 4.78 is 16.1. The second-order valence-electron chi connectivity index (χ2n) is 7.93. The lowest BCUT2D eigenvalue weighted by Crippen LogP contribution is -2.31. The lowest BCUT2D eigenvalue weighted by Gasteiger charge is -2.25. The molecule has 1 atom stereocenters. The number of aliphatic hydroxyl groups excluding tert-OH is 1. The zero-order valence-electron chi connectivity index (χ0n) is 19.2. The normalized spacial score (nSPS) is 17.6. The number of hydrogen-bond acceptors (Lipinski definition) is 7. The summed E-state index contributed by atoms with van der Waals surface area (Å²) in [7, 11) is 2.94. The van der Waals surface area contributed by atoms with E-state index in [-0.39, 0.29) is 41.0 Å². The van der Waals surface area contributed by atoms with Crippen molar-refractivity contribution in [3.05, 3.63) is 59.2 Å². The topological polar surface area (TPSA) is 106 Å². The summed E-state index contributed by atoms with van der Waals surface area (Å²) in [6, 6.07) is 10.2. The SMILES string of the molecule is COc1ccc(/C(O)=C2/C(=O)C(=O)N(CCCOC(C)C)C2c2cccc(O)c2)c(OC)c1. The first-order chi connectivity index (χ1) is 15.8. The van der Waals surface area contributed by atoms with Crippen molar-refractivity contribution < 1.29 is 34.0 Å². The van der Waals surface area contributed by atoms with Gasteiger partial charge in [-0.25, -0.2) is 0 Å². The Morgan fingerprint density at radius 3 is 2.48 bits per heavy atom. The molecule has 0 aliphatic carbocycles. The van der Waals surface area contributed by atoms with Crippen molar-refractivity contribution in [2.75, 3.05) is 27.4 Å². The first-order valence-electron chi connectivity index (χ1n) is 10.7. The minimum absolute atomic E-state index is 0.0109. The molecule has 1 unspecified atom stereocenters. The maximum Gasteiger partial charge on any atom is 0.295 e. The number of hydrogen-bond donors (Lipinski definition) is 2. The van der Waals surface area contributed by atoms with Crippen molar-refractivity contribution in [3.8, 4) is 17.2 Å². The Morgan fingerprint density at radius 2 is 1.85 bits per heavy atom. The second kappa shape index (κ2) is 10.4. The molecule has 2 N–H and O–H groups in total. The number of Topliss-reactive ketones (excluding diaryl/α,β-unsaturated/α-hetero) is 1. The first kappa shape index (κ1) is 24.1. The van der Waals surface area contributed by atoms with Crippen LogP contribution in [0.15, 0.2) is 48.0 Å². The van der Waals surface area contributed by atoms with E-state index in [2.05, 4.69) is 0 Å². The van der Waals surface area contributed by atoms with Gasteiger partial charge in [0.1, 0.15) is 23.0 Å². The molecule has 1 fully saturated rings. The Kier molecular flexibility index (Phi) is 7.60. The van der Waals surface area contributed by atoms with Crippen LogP contribution in [-0.2, 0) is 14.3 Å². The van der Waals surface area contributed by atoms with Crippen molar-refractivity contribution in [2.24, 2.45) is 0 Å². The van der Waals surface area contributed by atoms with Gasteiger partial charge in [-0.15, -0.1) is 0 Å². The highest BCUT2D eigenvalue weighted by molar-refractivity contribution is 6.46. The van der Waals surface area contributed by atoms with Crippen molar-refractivity contribution in [2.45, 2.75) is 32.4 Å². The highest BCUT2D eigenvalue weighted by Crippen LogP contribution is 2.42. The Morgan fingerprint density at radius 1 is 1.09 bits per heavy atom. The predicted molar refractivity (Wildman–Crippen MR) is 122 cm³/mol. The summed E-state index contributed by atoms with van der Waals surface area (Å²) in [6.45, 7) is 4.50. The standard InChI is InChI=1S/C25H29NO7/c1-15(2)33-12-6-11-26-22(16-7-5-8-17(27)13-16)21(24(29)25(26)30)23(28)19-10-9-18(31-3)14-20(19)32-4/h5,7-10,13-15,22,27-28H,6,11-12H2,1-4H3/b23-21-. The van der Waals surface area contributed by atoms with Gasteiger partial charge in [-0.1, -0.05) is 12.1 Å². The molecule has 0 saturated carbocycles. The average molecular weight is 456 g/mol. The minimum atomic E-state index is -0.872. The van der Waals surface area contributed by atoms with E-state index in [1.807, 2.05) is 13.8 Å². The number of aliphatic hydroxyl groups is 1. The minimum Gasteiger partial charge on any atom is -0.508 e. The summed E-state index contributed by atoms with van der Waals surface area (Å²) in [5.74, 6) is -1.09. The number of carbonyl (C=O) groups is 2. The molecule has 8 heteroatoms. The molecule has 176 valence electrons. The van der Waals surface area contributed by atoms with Gasteiger partial charge in [0, 0.05) is 19.2 Å². The molecule has 0 aromatic heterocycles. The van der Waals surface area contributed by atoms with Crippen LogP contribution >= 0.6 is 0 Å². The number of rotatable bonds is 9. The summed E-state index contributed by atoms with van der Waals surface area (Å²) >= 11 is 0. The number of ketones is 1. The number of aromatic hydroxyl groups is 1. The number of benzene rings is 2. The van der Waals surface area contributed by atoms with Crippen LogP contribution in [0.2, 0.25) is 0 Å². The van der Waals surface area contributed by atoms with Gasteiger partial charge in [-0.2, -0.15) is 0 Å². The van der Waals surface area contributed by atoms with E-state index in [1.165, 1.54) is 31.3 Å². The van der Waals surface area contributed by atoms with Crippen LogP contribution in [0.3, 0.4) is 0 Å². The van der Waals surface area contributed by atoms with Gasteiger partial charge >= 0.3 is 0 Å². The molecule has 0 radical (unpaired) electrons. The first-order valence-corrected chi connectivity index (χ1v) is 10.7. The number of nitrogens with zero attached hydrogens (tertiary/aromatic N) is 1. The third-order valence-corrected chi connectivity index (χ3v) is 5.38. The third kappa shape index (κ3) is 5.12. The van der Waals surface area contributed by atoms with E-state index in [0.717, 1.165) is 0 Å². The van der Waals surface area contributed by atoms with Crippen molar-refractivity contribution in [3.63, 3.8) is 0 Å². The van der Waals surface area contributed by atoms with Crippen LogP contribution in [0, 0.1) is 0 Å². The number of likely N-dealkylation sites (tertiary alicyclic amines) is 1. The molecule has 2 aromatic rings. The van der Waals surface area contributed by atoms with E-state index in [0.29, 0.717) is 24.3 Å². The van der Waals surface area contributed by atoms with Crippen molar-refractivity contribution >= 4 is 17.4 Å². The largest absolute Gasteiger partial charge is 0.508 e. The van der Waals surface area contributed by atoms with E-state index >= 15 is 0 Å². The van der Waals surface area contributed by atoms with Gasteiger partial charge in [-0.3, -0.25) is 9.59 Å². The van der Waals surface area contributed by atoms with E-state index in [4.69, 9.17) is 14.2 Å². The predicted octanol–water partition coefficient (Wildman–Crippen LogP) is 3.65. The van der Waals surface area contributed by atoms with Crippen molar-refractivity contribution in [1.29, 1.82) is 0 Å². The maximum absolute atomic E-state index is 13.1. The van der Waals surface area contributed by atoms with Gasteiger partial charge in [-0.05, 0) is 50.1 Å². The van der Waals surface area contributed by atoms with E-state index < -0.39 is 17.7 Å². The molecule has 1 saturated heterocycles. The zero-order chi connectivity index (χ0) is 24.1. The lowest BCUT2D eigenvalue weighted by atomic mass is 9.94. The smallest absolute Gasteiger partial charge is 0.295 e.